The molecular weight excluding hydrogens is 168 g/mol. The molecule has 1 heterocycles. The van der Waals surface area contributed by atoms with Crippen molar-refractivity contribution in [3.8, 4) is 0 Å². The molecular formula is C5H7ClN4O. The molecule has 0 radical (unpaired) electrons. The van der Waals surface area contributed by atoms with Gasteiger partial charge in [-0.3, -0.25) is 5.21 Å². The lowest BCUT2D eigenvalue weighted by Crippen LogP contribution is -2.02. The van der Waals surface area contributed by atoms with Gasteiger partial charge in [-0.1, -0.05) is 6.92 Å². The van der Waals surface area contributed by atoms with Crippen LogP contribution in [0.3, 0.4) is 0 Å². The normalized spacial score (nSPS) is 9.73. The van der Waals surface area contributed by atoms with Gasteiger partial charge in [0.15, 0.2) is 0 Å². The molecule has 0 fully saturated rings. The molecule has 0 aliphatic heterocycles. The number of hydrogen-bond donors (Lipinski definition) is 2. The summed E-state index contributed by atoms with van der Waals surface area (Å²) in [5.41, 5.74) is 1.80. The van der Waals surface area contributed by atoms with Gasteiger partial charge in [0, 0.05) is 6.42 Å². The molecule has 0 bridgehead atoms. The van der Waals surface area contributed by atoms with E-state index in [-0.39, 0.29) is 11.2 Å². The van der Waals surface area contributed by atoms with Crippen LogP contribution in [0.15, 0.2) is 0 Å². The van der Waals surface area contributed by atoms with Crippen molar-refractivity contribution in [2.45, 2.75) is 13.3 Å². The number of aromatic nitrogens is 3. The lowest BCUT2D eigenvalue weighted by Gasteiger charge is -1.98. The van der Waals surface area contributed by atoms with E-state index in [1.54, 1.807) is 5.48 Å². The van der Waals surface area contributed by atoms with E-state index >= 15 is 0 Å². The van der Waals surface area contributed by atoms with Crippen LogP contribution in [0.25, 0.3) is 0 Å². The molecule has 0 atom stereocenters. The number of aryl methyl sites for hydroxylation is 1. The number of halogens is 1. The summed E-state index contributed by atoms with van der Waals surface area (Å²) in [7, 11) is 0. The quantitative estimate of drug-likeness (QED) is 0.652. The highest BCUT2D eigenvalue weighted by Gasteiger charge is 2.00. The van der Waals surface area contributed by atoms with Crippen LogP contribution in [-0.2, 0) is 6.42 Å². The molecule has 0 aliphatic rings. The first-order valence-corrected chi connectivity index (χ1v) is 3.44. The Kier molecular flexibility index (Phi) is 2.56. The first-order valence-electron chi connectivity index (χ1n) is 3.06. The lowest BCUT2D eigenvalue weighted by molar-refractivity contribution is 0.381. The predicted octanol–water partition coefficient (Wildman–Crippen LogP) is 0.888. The fourth-order valence-electron chi connectivity index (χ4n) is 0.599. The second-order valence-corrected chi connectivity index (χ2v) is 2.15. The van der Waals surface area contributed by atoms with Crippen molar-refractivity contribution in [3.63, 3.8) is 0 Å². The van der Waals surface area contributed by atoms with E-state index in [9.17, 15) is 0 Å². The van der Waals surface area contributed by atoms with Gasteiger partial charge in [0.25, 0.3) is 5.95 Å². The van der Waals surface area contributed by atoms with Crippen LogP contribution in [0, 0.1) is 0 Å². The second kappa shape index (κ2) is 3.45. The number of rotatable bonds is 2. The van der Waals surface area contributed by atoms with E-state index in [1.165, 1.54) is 0 Å². The molecule has 0 amide bonds. The molecule has 5 nitrogen and oxygen atoms in total. The zero-order valence-electron chi connectivity index (χ0n) is 5.87. The third-order valence-electron chi connectivity index (χ3n) is 1.07. The molecule has 0 spiro atoms. The maximum absolute atomic E-state index is 8.42. The van der Waals surface area contributed by atoms with Crippen LogP contribution >= 0.6 is 11.6 Å². The van der Waals surface area contributed by atoms with E-state index in [0.717, 1.165) is 0 Å². The van der Waals surface area contributed by atoms with Crippen molar-refractivity contribution in [1.82, 2.24) is 15.0 Å². The predicted molar refractivity (Wildman–Crippen MR) is 39.6 cm³/mol. The molecule has 11 heavy (non-hydrogen) atoms. The Bertz CT molecular complexity index is 232. The molecule has 60 valence electrons. The number of hydrogen-bond acceptors (Lipinski definition) is 5. The maximum Gasteiger partial charge on any atom is 0.251 e. The zero-order chi connectivity index (χ0) is 8.27. The third-order valence-corrected chi connectivity index (χ3v) is 1.24. The average molecular weight is 175 g/mol. The van der Waals surface area contributed by atoms with Gasteiger partial charge in [-0.2, -0.15) is 9.97 Å². The zero-order valence-corrected chi connectivity index (χ0v) is 6.63. The minimum absolute atomic E-state index is 0.0712. The standard InChI is InChI=1S/C5H7ClN4O/c1-2-3-7-4(6)9-5(8-3)10-11/h11H,2H2,1H3,(H,7,8,9,10). The Hall–Kier alpha value is -0.940. The van der Waals surface area contributed by atoms with Crippen molar-refractivity contribution in [2.24, 2.45) is 0 Å². The van der Waals surface area contributed by atoms with E-state index in [2.05, 4.69) is 15.0 Å². The lowest BCUT2D eigenvalue weighted by atomic mass is 10.5. The summed E-state index contributed by atoms with van der Waals surface area (Å²) in [5.74, 6) is 0.614. The highest BCUT2D eigenvalue weighted by Crippen LogP contribution is 2.04. The summed E-state index contributed by atoms with van der Waals surface area (Å²) >= 11 is 5.49. The molecule has 0 aliphatic carbocycles. The molecule has 2 N–H and O–H groups in total. The van der Waals surface area contributed by atoms with Gasteiger partial charge in [0.2, 0.25) is 5.28 Å². The van der Waals surface area contributed by atoms with Crippen molar-refractivity contribution in [2.75, 3.05) is 5.48 Å². The van der Waals surface area contributed by atoms with E-state index in [1.807, 2.05) is 6.92 Å². The van der Waals surface area contributed by atoms with E-state index in [4.69, 9.17) is 16.8 Å². The smallest absolute Gasteiger partial charge is 0.251 e. The molecule has 1 rings (SSSR count). The Balaban J connectivity index is 3.02. The van der Waals surface area contributed by atoms with Gasteiger partial charge in [-0.15, -0.1) is 0 Å². The second-order valence-electron chi connectivity index (χ2n) is 1.81. The fraction of sp³-hybridized carbons (Fsp3) is 0.400. The fourth-order valence-corrected chi connectivity index (χ4v) is 0.777. The van der Waals surface area contributed by atoms with Crippen LogP contribution in [0.2, 0.25) is 5.28 Å². The highest BCUT2D eigenvalue weighted by molar-refractivity contribution is 6.28. The molecule has 0 unspecified atom stereocenters. The van der Waals surface area contributed by atoms with Crippen molar-refractivity contribution < 1.29 is 5.21 Å². The Morgan fingerprint density at radius 3 is 2.73 bits per heavy atom. The largest absolute Gasteiger partial charge is 0.288 e. The van der Waals surface area contributed by atoms with Gasteiger partial charge in [-0.05, 0) is 11.6 Å². The number of nitrogens with zero attached hydrogens (tertiary/aromatic N) is 3. The van der Waals surface area contributed by atoms with Crippen molar-refractivity contribution in [3.05, 3.63) is 11.1 Å². The summed E-state index contributed by atoms with van der Waals surface area (Å²) in [6.07, 6.45) is 0.650. The summed E-state index contributed by atoms with van der Waals surface area (Å²) < 4.78 is 0. The van der Waals surface area contributed by atoms with Crippen LogP contribution in [0.4, 0.5) is 5.95 Å². The monoisotopic (exact) mass is 174 g/mol. The van der Waals surface area contributed by atoms with Crippen LogP contribution in [0.5, 0.6) is 0 Å². The summed E-state index contributed by atoms with van der Waals surface area (Å²) in [5, 5.41) is 8.50. The average Bonchev–Trinajstić information content (AvgIpc) is 2.03. The summed E-state index contributed by atoms with van der Waals surface area (Å²) in [6.45, 7) is 1.88. The van der Waals surface area contributed by atoms with Crippen LogP contribution in [-0.4, -0.2) is 20.2 Å². The molecule has 0 aromatic carbocycles. The summed E-state index contributed by atoms with van der Waals surface area (Å²) in [4.78, 5) is 11.2. The Morgan fingerprint density at radius 1 is 1.45 bits per heavy atom. The van der Waals surface area contributed by atoms with Gasteiger partial charge in [0.1, 0.15) is 5.82 Å². The molecule has 0 saturated heterocycles. The number of nitrogens with one attached hydrogen (secondary N) is 1. The van der Waals surface area contributed by atoms with Crippen LogP contribution < -0.4 is 5.48 Å². The van der Waals surface area contributed by atoms with Gasteiger partial charge in [0.05, 0.1) is 0 Å². The first kappa shape index (κ1) is 8.16. The SMILES string of the molecule is CCc1nc(Cl)nc(NO)n1. The van der Waals surface area contributed by atoms with Gasteiger partial charge < -0.3 is 0 Å². The molecule has 1 aromatic heterocycles. The van der Waals surface area contributed by atoms with Crippen molar-refractivity contribution in [1.29, 1.82) is 0 Å². The summed E-state index contributed by atoms with van der Waals surface area (Å²) in [6, 6.07) is 0. The Labute approximate surface area is 68.4 Å². The maximum atomic E-state index is 8.42. The molecule has 1 aromatic rings. The molecule has 6 heteroatoms. The van der Waals surface area contributed by atoms with Gasteiger partial charge >= 0.3 is 0 Å². The van der Waals surface area contributed by atoms with Crippen molar-refractivity contribution >= 4 is 17.5 Å². The minimum atomic E-state index is 0.0712. The third kappa shape index (κ3) is 1.99. The molecule has 0 saturated carbocycles. The van der Waals surface area contributed by atoms with Gasteiger partial charge in [-0.25, -0.2) is 10.5 Å². The highest BCUT2D eigenvalue weighted by atomic mass is 35.5. The van der Waals surface area contributed by atoms with E-state index < -0.39 is 0 Å². The van der Waals surface area contributed by atoms with Crippen LogP contribution in [0.1, 0.15) is 12.7 Å². The Morgan fingerprint density at radius 2 is 2.18 bits per heavy atom. The first-order chi connectivity index (χ1) is 5.26. The number of anilines is 1. The van der Waals surface area contributed by atoms with E-state index in [0.29, 0.717) is 12.2 Å². The minimum Gasteiger partial charge on any atom is -0.288 e. The topological polar surface area (TPSA) is 70.9 Å².